The van der Waals surface area contributed by atoms with Crippen LogP contribution in [0, 0.1) is 29.1 Å². The first-order valence-electron chi connectivity index (χ1n) is 11.2. The number of nitriles is 1. The Kier molecular flexibility index (Phi) is 4.78. The first-order chi connectivity index (χ1) is 15.8. The molecule has 0 radical (unpaired) electrons. The maximum atomic E-state index is 12.9. The molecule has 33 heavy (non-hydrogen) atoms. The zero-order chi connectivity index (χ0) is 23.4. The minimum Gasteiger partial charge on any atom is -0.457 e. The Morgan fingerprint density at radius 1 is 1.18 bits per heavy atom. The molecule has 6 atom stereocenters. The van der Waals surface area contributed by atoms with E-state index in [0.717, 1.165) is 16.8 Å². The largest absolute Gasteiger partial charge is 0.457 e. The summed E-state index contributed by atoms with van der Waals surface area (Å²) in [7, 11) is 0. The zero-order valence-corrected chi connectivity index (χ0v) is 18.7. The van der Waals surface area contributed by atoms with Gasteiger partial charge in [0.1, 0.15) is 11.6 Å². The normalized spacial score (nSPS) is 34.7. The molecular weight excluding hydrogens is 418 g/mol. The lowest BCUT2D eigenvalue weighted by Gasteiger charge is -2.49. The number of hydrogen-bond acceptors (Lipinski definition) is 6. The molecule has 1 N–H and O–H groups in total. The number of amides is 1. The Morgan fingerprint density at radius 3 is 2.73 bits per heavy atom. The highest BCUT2D eigenvalue weighted by Gasteiger charge is 2.78. The highest BCUT2D eigenvalue weighted by Crippen LogP contribution is 2.58. The van der Waals surface area contributed by atoms with Crippen molar-refractivity contribution in [3.05, 3.63) is 59.9 Å². The average Bonchev–Trinajstić information content (AvgIpc) is 3.22. The van der Waals surface area contributed by atoms with Crippen LogP contribution in [0.3, 0.4) is 0 Å². The van der Waals surface area contributed by atoms with E-state index >= 15 is 0 Å². The van der Waals surface area contributed by atoms with Crippen LogP contribution >= 0.6 is 0 Å². The second kappa shape index (κ2) is 7.45. The minimum atomic E-state index is -1.30. The standard InChI is InChI=1S/C26H25N3O4/c1-15-12-25-23(30)32-17(3)26(25,29-24(31)33-25)22(16(15)2)10-9-21-8-7-20(14-28-21)19-6-4-5-18(11-19)13-27/h4-11,14-17,22H,12H2,1-3H3,(H,29,31)/t15-,16+,17+,22-,25+,26+/m0/s1. The van der Waals surface area contributed by atoms with Crippen LogP contribution in [0.25, 0.3) is 17.2 Å². The van der Waals surface area contributed by atoms with Crippen LogP contribution in [-0.4, -0.2) is 34.3 Å². The predicted molar refractivity (Wildman–Crippen MR) is 120 cm³/mol. The fourth-order valence-electron chi connectivity index (χ4n) is 5.82. The van der Waals surface area contributed by atoms with E-state index in [4.69, 9.17) is 14.7 Å². The van der Waals surface area contributed by atoms with Crippen molar-refractivity contribution < 1.29 is 19.1 Å². The SMILES string of the molecule is C[C@@H]1[C@@H](C)C[C@]23OC(=O)N[C@]2([C@@H](C)OC3=O)[C@H]1C=Cc1ccc(-c2cccc(C#N)c2)cn1. The van der Waals surface area contributed by atoms with Crippen molar-refractivity contribution >= 4 is 18.1 Å². The smallest absolute Gasteiger partial charge is 0.409 e. The van der Waals surface area contributed by atoms with Crippen LogP contribution in [0.1, 0.15) is 38.4 Å². The molecule has 5 rings (SSSR count). The number of aromatic nitrogens is 1. The van der Waals surface area contributed by atoms with E-state index < -0.39 is 29.3 Å². The molecule has 168 valence electrons. The van der Waals surface area contributed by atoms with E-state index in [1.165, 1.54) is 0 Å². The van der Waals surface area contributed by atoms with Gasteiger partial charge in [-0.3, -0.25) is 4.98 Å². The van der Waals surface area contributed by atoms with Crippen LogP contribution in [0.2, 0.25) is 0 Å². The maximum Gasteiger partial charge on any atom is 0.409 e. The van der Waals surface area contributed by atoms with Gasteiger partial charge in [0.15, 0.2) is 0 Å². The van der Waals surface area contributed by atoms with Gasteiger partial charge in [-0.25, -0.2) is 9.59 Å². The van der Waals surface area contributed by atoms with Gasteiger partial charge in [-0.05, 0) is 48.6 Å². The quantitative estimate of drug-likeness (QED) is 0.717. The summed E-state index contributed by atoms with van der Waals surface area (Å²) in [6, 6.07) is 13.4. The fourth-order valence-corrected chi connectivity index (χ4v) is 5.82. The number of nitrogens with one attached hydrogen (secondary N) is 1. The summed E-state index contributed by atoms with van der Waals surface area (Å²) in [6.07, 6.45) is 5.09. The highest BCUT2D eigenvalue weighted by atomic mass is 16.6. The Balaban J connectivity index is 1.47. The lowest BCUT2D eigenvalue weighted by molar-refractivity contribution is -0.157. The molecule has 0 unspecified atom stereocenters. The van der Waals surface area contributed by atoms with E-state index in [0.29, 0.717) is 12.0 Å². The second-order valence-electron chi connectivity index (χ2n) is 9.35. The van der Waals surface area contributed by atoms with Crippen LogP contribution in [-0.2, 0) is 14.3 Å². The summed E-state index contributed by atoms with van der Waals surface area (Å²) in [5.74, 6) is -0.307. The minimum absolute atomic E-state index is 0.154. The molecule has 3 aliphatic rings. The first-order valence-corrected chi connectivity index (χ1v) is 11.2. The maximum absolute atomic E-state index is 12.9. The van der Waals surface area contributed by atoms with Gasteiger partial charge in [-0.2, -0.15) is 5.26 Å². The summed E-state index contributed by atoms with van der Waals surface area (Å²) in [6.45, 7) is 6.03. The predicted octanol–water partition coefficient (Wildman–Crippen LogP) is 4.09. The van der Waals surface area contributed by atoms with E-state index in [2.05, 4.69) is 30.2 Å². The number of benzene rings is 1. The van der Waals surface area contributed by atoms with E-state index in [9.17, 15) is 9.59 Å². The van der Waals surface area contributed by atoms with Crippen LogP contribution in [0.5, 0.6) is 0 Å². The van der Waals surface area contributed by atoms with Crippen LogP contribution in [0.15, 0.2) is 48.7 Å². The molecule has 2 saturated heterocycles. The van der Waals surface area contributed by atoms with Crippen molar-refractivity contribution in [1.82, 2.24) is 10.3 Å². The molecule has 7 heteroatoms. The highest BCUT2D eigenvalue weighted by molar-refractivity contribution is 5.92. The molecule has 1 aromatic carbocycles. The lowest BCUT2D eigenvalue weighted by Crippen LogP contribution is -2.69. The van der Waals surface area contributed by atoms with Gasteiger partial charge in [0, 0.05) is 24.1 Å². The van der Waals surface area contributed by atoms with Gasteiger partial charge >= 0.3 is 12.1 Å². The van der Waals surface area contributed by atoms with Crippen molar-refractivity contribution in [2.24, 2.45) is 17.8 Å². The number of carbonyl (C=O) groups excluding carboxylic acids is 2. The van der Waals surface area contributed by atoms with Gasteiger partial charge in [-0.1, -0.05) is 38.1 Å². The Bertz CT molecular complexity index is 1200. The molecule has 7 nitrogen and oxygen atoms in total. The molecule has 2 aliphatic heterocycles. The molecule has 1 amide bonds. The number of ether oxygens (including phenoxy) is 2. The molecule has 0 bridgehead atoms. The van der Waals surface area contributed by atoms with Gasteiger partial charge in [0.25, 0.3) is 0 Å². The van der Waals surface area contributed by atoms with Crippen molar-refractivity contribution in [3.8, 4) is 17.2 Å². The van der Waals surface area contributed by atoms with Gasteiger partial charge < -0.3 is 14.8 Å². The van der Waals surface area contributed by atoms with Gasteiger partial charge in [-0.15, -0.1) is 0 Å². The van der Waals surface area contributed by atoms with Crippen LogP contribution < -0.4 is 5.32 Å². The number of nitrogens with zero attached hydrogens (tertiary/aromatic N) is 2. The molecule has 3 fully saturated rings. The number of esters is 1. The van der Waals surface area contributed by atoms with Crippen molar-refractivity contribution in [2.45, 2.75) is 44.4 Å². The number of pyridine rings is 1. The lowest BCUT2D eigenvalue weighted by atomic mass is 9.55. The zero-order valence-electron chi connectivity index (χ0n) is 18.7. The number of hydrogen-bond donors (Lipinski definition) is 1. The third kappa shape index (κ3) is 2.97. The van der Waals surface area contributed by atoms with E-state index in [1.54, 1.807) is 12.3 Å². The average molecular weight is 444 g/mol. The van der Waals surface area contributed by atoms with E-state index in [-0.39, 0.29) is 17.8 Å². The molecular formula is C26H25N3O4. The third-order valence-corrected chi connectivity index (χ3v) is 7.68. The summed E-state index contributed by atoms with van der Waals surface area (Å²) < 4.78 is 11.3. The molecule has 2 aromatic rings. The third-order valence-electron chi connectivity index (χ3n) is 7.68. The molecule has 3 heterocycles. The van der Waals surface area contributed by atoms with E-state index in [1.807, 2.05) is 49.4 Å². The number of carbonyl (C=O) groups is 2. The number of cyclic esters (lactones) is 1. The van der Waals surface area contributed by atoms with Crippen LogP contribution in [0.4, 0.5) is 4.79 Å². The molecule has 1 saturated carbocycles. The second-order valence-corrected chi connectivity index (χ2v) is 9.35. The Hall–Kier alpha value is -3.66. The Labute approximate surface area is 192 Å². The molecule has 1 aliphatic carbocycles. The van der Waals surface area contributed by atoms with Gasteiger partial charge in [0.05, 0.1) is 17.3 Å². The molecule has 0 spiro atoms. The summed E-state index contributed by atoms with van der Waals surface area (Å²) in [5, 5.41) is 12.1. The number of rotatable bonds is 3. The summed E-state index contributed by atoms with van der Waals surface area (Å²) >= 11 is 0. The summed E-state index contributed by atoms with van der Waals surface area (Å²) in [4.78, 5) is 29.8. The Morgan fingerprint density at radius 2 is 2.00 bits per heavy atom. The topological polar surface area (TPSA) is 101 Å². The fraction of sp³-hybridized carbons (Fsp3) is 0.385. The molecule has 1 aromatic heterocycles. The first kappa shape index (κ1) is 21.2. The summed E-state index contributed by atoms with van der Waals surface area (Å²) in [5.41, 5.74) is 0.959. The van der Waals surface area contributed by atoms with Crippen molar-refractivity contribution in [2.75, 3.05) is 0 Å². The monoisotopic (exact) mass is 443 g/mol. The van der Waals surface area contributed by atoms with Crippen molar-refractivity contribution in [1.29, 1.82) is 5.26 Å². The van der Waals surface area contributed by atoms with Gasteiger partial charge in [0.2, 0.25) is 5.60 Å². The number of alkyl carbamates (subject to hydrolysis) is 1. The van der Waals surface area contributed by atoms with Crippen molar-refractivity contribution in [3.63, 3.8) is 0 Å².